The number of carboxylic acid groups (broad SMARTS) is 3. The van der Waals surface area contributed by atoms with Crippen LogP contribution in [-0.2, 0) is 9.59 Å². The van der Waals surface area contributed by atoms with Crippen LogP contribution in [-0.4, -0.2) is 33.2 Å². The van der Waals surface area contributed by atoms with Gasteiger partial charge in [-0.3, -0.25) is 4.79 Å². The summed E-state index contributed by atoms with van der Waals surface area (Å²) >= 11 is 0. The average molecular weight is 278 g/mol. The third-order valence-electron chi connectivity index (χ3n) is 2.08. The molecule has 0 fully saturated rings. The highest BCUT2D eigenvalue weighted by molar-refractivity contribution is 5.92. The first-order chi connectivity index (χ1) is 9.29. The van der Waals surface area contributed by atoms with E-state index in [9.17, 15) is 14.4 Å². The van der Waals surface area contributed by atoms with Crippen LogP contribution in [0, 0.1) is 0 Å². The minimum Gasteiger partial charge on any atom is -0.481 e. The minimum absolute atomic E-state index is 0.294. The molecule has 0 saturated heterocycles. The standard InChI is InChI=1S/C9H8O2.C5H6O4/c1-2-7-5-3-4-6-8(7)9(10)11;1-3(5(8)9)2-4(6)7/h2-6H,1H2,(H,10,11);1-2H2,(H,6,7)(H,8,9). The van der Waals surface area contributed by atoms with E-state index in [2.05, 4.69) is 13.2 Å². The lowest BCUT2D eigenvalue weighted by Gasteiger charge is -1.97. The SMILES string of the molecule is C=C(CC(=O)O)C(=O)O.C=Cc1ccccc1C(=O)O. The fourth-order valence-electron chi connectivity index (χ4n) is 1.13. The highest BCUT2D eigenvalue weighted by atomic mass is 16.4. The normalized spacial score (nSPS) is 8.80. The van der Waals surface area contributed by atoms with Crippen molar-refractivity contribution >= 4 is 24.0 Å². The Morgan fingerprint density at radius 3 is 1.95 bits per heavy atom. The number of aromatic carboxylic acids is 1. The number of rotatable bonds is 5. The van der Waals surface area contributed by atoms with Crippen LogP contribution in [0.4, 0.5) is 0 Å². The highest BCUT2D eigenvalue weighted by Crippen LogP contribution is 2.08. The first-order valence-electron chi connectivity index (χ1n) is 5.37. The maximum Gasteiger partial charge on any atom is 0.336 e. The molecule has 106 valence electrons. The molecule has 0 saturated carbocycles. The summed E-state index contributed by atoms with van der Waals surface area (Å²) in [5.41, 5.74) is 0.644. The zero-order valence-corrected chi connectivity index (χ0v) is 10.6. The molecule has 0 aromatic heterocycles. The summed E-state index contributed by atoms with van der Waals surface area (Å²) in [6, 6.07) is 6.75. The Morgan fingerprint density at radius 1 is 1.10 bits per heavy atom. The van der Waals surface area contributed by atoms with Crippen molar-refractivity contribution in [2.45, 2.75) is 6.42 Å². The van der Waals surface area contributed by atoms with E-state index in [1.54, 1.807) is 24.3 Å². The molecule has 6 nitrogen and oxygen atoms in total. The maximum absolute atomic E-state index is 10.5. The second kappa shape index (κ2) is 8.25. The van der Waals surface area contributed by atoms with Gasteiger partial charge >= 0.3 is 17.9 Å². The van der Waals surface area contributed by atoms with E-state index in [1.165, 1.54) is 6.08 Å². The van der Waals surface area contributed by atoms with Gasteiger partial charge < -0.3 is 15.3 Å². The Kier molecular flexibility index (Phi) is 7.06. The minimum atomic E-state index is -1.27. The van der Waals surface area contributed by atoms with E-state index in [1.807, 2.05) is 0 Å². The summed E-state index contributed by atoms with van der Waals surface area (Å²) in [5, 5.41) is 24.7. The molecule has 1 aromatic rings. The van der Waals surface area contributed by atoms with Gasteiger partial charge in [0.05, 0.1) is 12.0 Å². The molecule has 0 radical (unpaired) electrons. The molecule has 0 aliphatic carbocycles. The number of hydrogen-bond acceptors (Lipinski definition) is 3. The topological polar surface area (TPSA) is 112 Å². The second-order valence-electron chi connectivity index (χ2n) is 3.58. The number of carboxylic acids is 3. The molecule has 0 unspecified atom stereocenters. The Labute approximate surface area is 115 Å². The molecular formula is C14H14O6. The second-order valence-corrected chi connectivity index (χ2v) is 3.58. The molecule has 6 heteroatoms. The van der Waals surface area contributed by atoms with Gasteiger partial charge in [0.2, 0.25) is 0 Å². The van der Waals surface area contributed by atoms with Crippen molar-refractivity contribution in [1.82, 2.24) is 0 Å². The van der Waals surface area contributed by atoms with Crippen molar-refractivity contribution in [3.05, 3.63) is 54.1 Å². The highest BCUT2D eigenvalue weighted by Gasteiger charge is 2.07. The zero-order chi connectivity index (χ0) is 15.7. The summed E-state index contributed by atoms with van der Waals surface area (Å²) in [7, 11) is 0. The van der Waals surface area contributed by atoms with Crippen molar-refractivity contribution in [3.63, 3.8) is 0 Å². The lowest BCUT2D eigenvalue weighted by molar-refractivity contribution is -0.139. The van der Waals surface area contributed by atoms with Crippen LogP contribution < -0.4 is 0 Å². The van der Waals surface area contributed by atoms with Gasteiger partial charge in [0.25, 0.3) is 0 Å². The van der Waals surface area contributed by atoms with E-state index < -0.39 is 24.3 Å². The van der Waals surface area contributed by atoms with E-state index in [4.69, 9.17) is 15.3 Å². The van der Waals surface area contributed by atoms with Crippen LogP contribution >= 0.6 is 0 Å². The van der Waals surface area contributed by atoms with Crippen molar-refractivity contribution in [2.24, 2.45) is 0 Å². The lowest BCUT2D eigenvalue weighted by Crippen LogP contribution is -2.04. The zero-order valence-electron chi connectivity index (χ0n) is 10.6. The molecule has 0 atom stereocenters. The van der Waals surface area contributed by atoms with Gasteiger partial charge in [-0.1, -0.05) is 37.4 Å². The van der Waals surface area contributed by atoms with Crippen LogP contribution in [0.15, 0.2) is 43.0 Å². The van der Waals surface area contributed by atoms with E-state index >= 15 is 0 Å². The van der Waals surface area contributed by atoms with E-state index in [0.29, 0.717) is 11.1 Å². The molecule has 0 aliphatic heterocycles. The van der Waals surface area contributed by atoms with E-state index in [-0.39, 0.29) is 5.57 Å². The first kappa shape index (κ1) is 17.1. The molecule has 1 rings (SSSR count). The van der Waals surface area contributed by atoms with Gasteiger partial charge in [-0.05, 0) is 11.6 Å². The van der Waals surface area contributed by atoms with Crippen molar-refractivity contribution < 1.29 is 29.7 Å². The van der Waals surface area contributed by atoms with Crippen LogP contribution in [0.2, 0.25) is 0 Å². The Hall–Kier alpha value is -2.89. The fourth-order valence-corrected chi connectivity index (χ4v) is 1.13. The van der Waals surface area contributed by atoms with Gasteiger partial charge in [0.1, 0.15) is 0 Å². The molecule has 0 amide bonds. The predicted octanol–water partition coefficient (Wildman–Crippen LogP) is 2.13. The van der Waals surface area contributed by atoms with Crippen molar-refractivity contribution in [2.75, 3.05) is 0 Å². The summed E-state index contributed by atoms with van der Waals surface area (Å²) in [6.45, 7) is 6.52. The lowest BCUT2D eigenvalue weighted by atomic mass is 10.1. The van der Waals surface area contributed by atoms with Gasteiger partial charge in [0, 0.05) is 5.57 Å². The first-order valence-corrected chi connectivity index (χ1v) is 5.37. The molecule has 0 aliphatic rings. The van der Waals surface area contributed by atoms with Gasteiger partial charge in [-0.15, -0.1) is 0 Å². The van der Waals surface area contributed by atoms with Gasteiger partial charge in [-0.2, -0.15) is 0 Å². The Bertz CT molecular complexity index is 544. The van der Waals surface area contributed by atoms with Gasteiger partial charge in [-0.25, -0.2) is 9.59 Å². The maximum atomic E-state index is 10.5. The summed E-state index contributed by atoms with van der Waals surface area (Å²) < 4.78 is 0. The third-order valence-corrected chi connectivity index (χ3v) is 2.08. The number of benzene rings is 1. The summed E-state index contributed by atoms with van der Waals surface area (Å²) in [4.78, 5) is 30.2. The molecule has 0 spiro atoms. The average Bonchev–Trinajstić information content (AvgIpc) is 2.38. The number of aliphatic carboxylic acids is 2. The monoisotopic (exact) mass is 278 g/mol. The van der Waals surface area contributed by atoms with Crippen molar-refractivity contribution in [1.29, 1.82) is 0 Å². The van der Waals surface area contributed by atoms with Crippen LogP contribution in [0.3, 0.4) is 0 Å². The molecule has 0 bridgehead atoms. The molecule has 1 aromatic carbocycles. The van der Waals surface area contributed by atoms with Crippen LogP contribution in [0.5, 0.6) is 0 Å². The van der Waals surface area contributed by atoms with Gasteiger partial charge in [0.15, 0.2) is 0 Å². The summed E-state index contributed by atoms with van der Waals surface area (Å²) in [5.74, 6) is -3.36. The smallest absolute Gasteiger partial charge is 0.336 e. The Morgan fingerprint density at radius 2 is 1.65 bits per heavy atom. The van der Waals surface area contributed by atoms with Crippen molar-refractivity contribution in [3.8, 4) is 0 Å². The quantitative estimate of drug-likeness (QED) is 0.711. The largest absolute Gasteiger partial charge is 0.481 e. The predicted molar refractivity (Wildman–Crippen MR) is 72.5 cm³/mol. The molecule has 3 N–H and O–H groups in total. The number of carbonyl (C=O) groups is 3. The summed E-state index contributed by atoms with van der Waals surface area (Å²) in [6.07, 6.45) is 1.03. The molecular weight excluding hydrogens is 264 g/mol. The van der Waals surface area contributed by atoms with Crippen LogP contribution in [0.1, 0.15) is 22.3 Å². The number of hydrogen-bond donors (Lipinski definition) is 3. The van der Waals surface area contributed by atoms with E-state index in [0.717, 1.165) is 0 Å². The van der Waals surface area contributed by atoms with Crippen LogP contribution in [0.25, 0.3) is 6.08 Å². The Balaban J connectivity index is 0.000000370. The third kappa shape index (κ3) is 6.15. The molecule has 0 heterocycles. The fraction of sp³-hybridized carbons (Fsp3) is 0.0714. The molecule has 20 heavy (non-hydrogen) atoms.